The number of ether oxygens (including phenoxy) is 3. The molecule has 0 aliphatic heterocycles. The van der Waals surface area contributed by atoms with E-state index in [1.807, 2.05) is 0 Å². The molecule has 0 spiro atoms. The van der Waals surface area contributed by atoms with Gasteiger partial charge in [-0.05, 0) is 31.1 Å². The third-order valence-corrected chi connectivity index (χ3v) is 12.1. The van der Waals surface area contributed by atoms with Gasteiger partial charge in [-0.1, -0.05) is 247 Å². The molecule has 0 N–H and O–H groups in total. The van der Waals surface area contributed by atoms with E-state index < -0.39 is 6.10 Å². The molecule has 0 amide bonds. The van der Waals surface area contributed by atoms with Crippen LogP contribution in [-0.4, -0.2) is 37.2 Å². The number of hydrogen-bond acceptors (Lipinski definition) is 6. The third-order valence-electron chi connectivity index (χ3n) is 12.1. The first-order chi connectivity index (χ1) is 28.3. The standard InChI is InChI=1S/C52H100O6/c1-6-8-9-10-11-20-29-34-39-44-52(55)58-49(46-57-51(54)43-38-33-28-24-23-26-31-36-41-48(5)7-2)45-56-50(53)42-37-32-27-22-19-17-15-13-12-14-16-18-21-25-30-35-40-47(3)4/h47-49H,6-46H2,1-5H3/t48?,49-/m0/s1. The molecule has 0 rings (SSSR count). The maximum Gasteiger partial charge on any atom is 0.306 e. The molecule has 0 saturated heterocycles. The first kappa shape index (κ1) is 56.4. The maximum absolute atomic E-state index is 12.7. The molecule has 0 heterocycles. The summed E-state index contributed by atoms with van der Waals surface area (Å²) in [6, 6.07) is 0. The lowest BCUT2D eigenvalue weighted by Gasteiger charge is -2.18. The Morgan fingerprint density at radius 1 is 0.362 bits per heavy atom. The van der Waals surface area contributed by atoms with Gasteiger partial charge >= 0.3 is 17.9 Å². The zero-order chi connectivity index (χ0) is 42.6. The lowest BCUT2D eigenvalue weighted by Crippen LogP contribution is -2.30. The molecule has 0 aromatic heterocycles. The van der Waals surface area contributed by atoms with Gasteiger partial charge in [0.1, 0.15) is 13.2 Å². The number of carbonyl (C=O) groups excluding carboxylic acids is 3. The van der Waals surface area contributed by atoms with Crippen molar-refractivity contribution in [2.45, 2.75) is 291 Å². The van der Waals surface area contributed by atoms with Crippen LogP contribution in [0.15, 0.2) is 0 Å². The Balaban J connectivity index is 4.21. The van der Waals surface area contributed by atoms with Gasteiger partial charge in [-0.3, -0.25) is 14.4 Å². The summed E-state index contributed by atoms with van der Waals surface area (Å²) in [5.74, 6) is 0.848. The molecule has 344 valence electrons. The van der Waals surface area contributed by atoms with E-state index >= 15 is 0 Å². The molecule has 0 radical (unpaired) electrons. The molecule has 0 aliphatic rings. The predicted molar refractivity (Wildman–Crippen MR) is 247 cm³/mol. The van der Waals surface area contributed by atoms with Crippen LogP contribution in [0.2, 0.25) is 0 Å². The van der Waals surface area contributed by atoms with E-state index in [1.165, 1.54) is 173 Å². The zero-order valence-electron chi connectivity index (χ0n) is 39.7. The van der Waals surface area contributed by atoms with Gasteiger partial charge in [-0.2, -0.15) is 0 Å². The van der Waals surface area contributed by atoms with Crippen molar-refractivity contribution in [2.24, 2.45) is 11.8 Å². The summed E-state index contributed by atoms with van der Waals surface area (Å²) in [4.78, 5) is 37.8. The van der Waals surface area contributed by atoms with Crippen LogP contribution in [0.4, 0.5) is 0 Å². The molecule has 58 heavy (non-hydrogen) atoms. The van der Waals surface area contributed by atoms with Crippen LogP contribution in [-0.2, 0) is 28.6 Å². The lowest BCUT2D eigenvalue weighted by molar-refractivity contribution is -0.167. The summed E-state index contributed by atoms with van der Waals surface area (Å²) >= 11 is 0. The minimum Gasteiger partial charge on any atom is -0.462 e. The molecule has 0 aromatic rings. The van der Waals surface area contributed by atoms with Crippen molar-refractivity contribution >= 4 is 17.9 Å². The highest BCUT2D eigenvalue weighted by atomic mass is 16.6. The van der Waals surface area contributed by atoms with Crippen LogP contribution < -0.4 is 0 Å². The monoisotopic (exact) mass is 821 g/mol. The second-order valence-electron chi connectivity index (χ2n) is 18.5. The van der Waals surface area contributed by atoms with Crippen molar-refractivity contribution in [3.63, 3.8) is 0 Å². The second kappa shape index (κ2) is 44.9. The average molecular weight is 821 g/mol. The van der Waals surface area contributed by atoms with E-state index in [4.69, 9.17) is 14.2 Å². The van der Waals surface area contributed by atoms with Crippen molar-refractivity contribution in [1.29, 1.82) is 0 Å². The number of rotatable bonds is 46. The second-order valence-corrected chi connectivity index (χ2v) is 18.5. The average Bonchev–Trinajstić information content (AvgIpc) is 3.21. The van der Waals surface area contributed by atoms with Crippen molar-refractivity contribution in [3.8, 4) is 0 Å². The molecule has 6 heteroatoms. The van der Waals surface area contributed by atoms with Crippen LogP contribution in [0, 0.1) is 11.8 Å². The Labute approximate surface area is 361 Å². The predicted octanol–water partition coefficient (Wildman–Crippen LogP) is 16.5. The van der Waals surface area contributed by atoms with Gasteiger partial charge in [-0.25, -0.2) is 0 Å². The summed E-state index contributed by atoms with van der Waals surface area (Å²) < 4.78 is 16.8. The van der Waals surface area contributed by atoms with Crippen molar-refractivity contribution < 1.29 is 28.6 Å². The molecule has 0 fully saturated rings. The van der Waals surface area contributed by atoms with Crippen LogP contribution in [0.25, 0.3) is 0 Å². The Morgan fingerprint density at radius 3 is 0.983 bits per heavy atom. The minimum atomic E-state index is -0.760. The Hall–Kier alpha value is -1.59. The Kier molecular flexibility index (Phi) is 43.7. The summed E-state index contributed by atoms with van der Waals surface area (Å²) in [5, 5.41) is 0. The first-order valence-corrected chi connectivity index (χ1v) is 25.8. The SMILES string of the molecule is CCCCCCCCCCCC(=O)O[C@@H](COC(=O)CCCCCCCCCCCCCCCCCCC(C)C)COC(=O)CCCCCCCCCCC(C)CC. The number of carbonyl (C=O) groups is 3. The Morgan fingerprint density at radius 2 is 0.655 bits per heavy atom. The zero-order valence-corrected chi connectivity index (χ0v) is 39.7. The normalized spacial score (nSPS) is 12.5. The maximum atomic E-state index is 12.7. The van der Waals surface area contributed by atoms with E-state index in [9.17, 15) is 14.4 Å². The molecule has 6 nitrogen and oxygen atoms in total. The van der Waals surface area contributed by atoms with Crippen molar-refractivity contribution in [1.82, 2.24) is 0 Å². The molecule has 2 atom stereocenters. The molecular weight excluding hydrogens is 721 g/mol. The minimum absolute atomic E-state index is 0.0641. The third kappa shape index (κ3) is 44.0. The molecule has 0 aliphatic carbocycles. The van der Waals surface area contributed by atoms with E-state index in [2.05, 4.69) is 34.6 Å². The summed E-state index contributed by atoms with van der Waals surface area (Å²) in [6.45, 7) is 11.4. The number of unbranched alkanes of at least 4 members (excludes halogenated alkanes) is 30. The van der Waals surface area contributed by atoms with Gasteiger partial charge in [0.15, 0.2) is 6.10 Å². The smallest absolute Gasteiger partial charge is 0.306 e. The highest BCUT2D eigenvalue weighted by molar-refractivity contribution is 5.71. The lowest BCUT2D eigenvalue weighted by atomic mass is 9.99. The first-order valence-electron chi connectivity index (χ1n) is 25.8. The van der Waals surface area contributed by atoms with Gasteiger partial charge in [0.05, 0.1) is 0 Å². The molecule has 0 bridgehead atoms. The van der Waals surface area contributed by atoms with E-state index in [0.29, 0.717) is 19.3 Å². The van der Waals surface area contributed by atoms with E-state index in [0.717, 1.165) is 69.6 Å². The van der Waals surface area contributed by atoms with Gasteiger partial charge < -0.3 is 14.2 Å². The van der Waals surface area contributed by atoms with Crippen molar-refractivity contribution in [2.75, 3.05) is 13.2 Å². The Bertz CT molecular complexity index is 887. The molecule has 1 unspecified atom stereocenters. The fraction of sp³-hybridized carbons (Fsp3) is 0.942. The van der Waals surface area contributed by atoms with Crippen LogP contribution in [0.5, 0.6) is 0 Å². The van der Waals surface area contributed by atoms with Crippen LogP contribution >= 0.6 is 0 Å². The molecular formula is C52H100O6. The fourth-order valence-electron chi connectivity index (χ4n) is 7.78. The summed E-state index contributed by atoms with van der Waals surface area (Å²) in [6.07, 6.45) is 45.2. The van der Waals surface area contributed by atoms with E-state index in [-0.39, 0.29) is 31.1 Å². The number of hydrogen-bond donors (Lipinski definition) is 0. The quantitative estimate of drug-likeness (QED) is 0.0346. The van der Waals surface area contributed by atoms with Gasteiger partial charge in [0.25, 0.3) is 0 Å². The van der Waals surface area contributed by atoms with E-state index in [1.54, 1.807) is 0 Å². The highest BCUT2D eigenvalue weighted by Crippen LogP contribution is 2.18. The largest absolute Gasteiger partial charge is 0.462 e. The molecule has 0 saturated carbocycles. The van der Waals surface area contributed by atoms with Crippen LogP contribution in [0.1, 0.15) is 285 Å². The highest BCUT2D eigenvalue weighted by Gasteiger charge is 2.19. The fourth-order valence-corrected chi connectivity index (χ4v) is 7.78. The topological polar surface area (TPSA) is 78.9 Å². The van der Waals surface area contributed by atoms with Gasteiger partial charge in [0.2, 0.25) is 0 Å². The summed E-state index contributed by atoms with van der Waals surface area (Å²) in [7, 11) is 0. The van der Waals surface area contributed by atoms with Crippen LogP contribution in [0.3, 0.4) is 0 Å². The van der Waals surface area contributed by atoms with Gasteiger partial charge in [0, 0.05) is 19.3 Å². The summed E-state index contributed by atoms with van der Waals surface area (Å²) in [5.41, 5.74) is 0. The van der Waals surface area contributed by atoms with Crippen molar-refractivity contribution in [3.05, 3.63) is 0 Å². The molecule has 0 aromatic carbocycles. The van der Waals surface area contributed by atoms with Gasteiger partial charge in [-0.15, -0.1) is 0 Å². The number of esters is 3.